The zero-order valence-corrected chi connectivity index (χ0v) is 17.6. The summed E-state index contributed by atoms with van der Waals surface area (Å²) in [6, 6.07) is 6.36. The summed E-state index contributed by atoms with van der Waals surface area (Å²) in [5.41, 5.74) is 4.75. The molecule has 3 amide bonds. The van der Waals surface area contributed by atoms with Gasteiger partial charge >= 0.3 is 12.2 Å². The molecule has 1 aromatic rings. The predicted octanol–water partition coefficient (Wildman–Crippen LogP) is 1.92. The van der Waals surface area contributed by atoms with Crippen LogP contribution in [-0.2, 0) is 14.3 Å². The molecule has 162 valence electrons. The first kappa shape index (κ1) is 23.1. The lowest BCUT2D eigenvalue weighted by Crippen LogP contribution is -2.49. The van der Waals surface area contributed by atoms with E-state index < -0.39 is 17.7 Å². The summed E-state index contributed by atoms with van der Waals surface area (Å²) in [6.45, 7) is 8.41. The van der Waals surface area contributed by atoms with Gasteiger partial charge in [-0.05, 0) is 18.6 Å². The maximum Gasteiger partial charge on any atom is 0.409 e. The van der Waals surface area contributed by atoms with Crippen LogP contribution in [0.2, 0.25) is 0 Å². The van der Waals surface area contributed by atoms with E-state index in [-0.39, 0.29) is 47.2 Å². The van der Waals surface area contributed by atoms with Crippen molar-refractivity contribution in [3.8, 4) is 0 Å². The summed E-state index contributed by atoms with van der Waals surface area (Å²) >= 11 is 0. The molecule has 2 heterocycles. The van der Waals surface area contributed by atoms with Crippen LogP contribution in [0.3, 0.4) is 0 Å². The van der Waals surface area contributed by atoms with E-state index in [0.717, 1.165) is 12.8 Å². The van der Waals surface area contributed by atoms with Gasteiger partial charge in [-0.25, -0.2) is 4.79 Å². The summed E-state index contributed by atoms with van der Waals surface area (Å²) in [5, 5.41) is 2.95. The highest BCUT2D eigenvalue weighted by atomic mass is 16.6. The molecular formula is C21H27N3O6. The Labute approximate surface area is 174 Å². The largest absolute Gasteiger partial charge is 0.449 e. The van der Waals surface area contributed by atoms with Crippen molar-refractivity contribution in [1.82, 2.24) is 10.2 Å². The zero-order chi connectivity index (χ0) is 22.7. The quantitative estimate of drug-likeness (QED) is 0.719. The van der Waals surface area contributed by atoms with Crippen LogP contribution in [0.25, 0.3) is 0 Å². The van der Waals surface area contributed by atoms with E-state index in [1.54, 1.807) is 29.2 Å². The summed E-state index contributed by atoms with van der Waals surface area (Å²) in [7, 11) is 0. The molecule has 0 radical (unpaired) electrons. The van der Waals surface area contributed by atoms with Crippen LogP contribution in [0, 0.1) is 11.3 Å². The number of benzene rings is 1. The fourth-order valence-corrected chi connectivity index (χ4v) is 4.23. The number of rotatable bonds is 4. The van der Waals surface area contributed by atoms with Gasteiger partial charge in [0.25, 0.3) is 5.91 Å². The number of nitrogens with two attached hydrogens (primary N) is 1. The third-order valence-electron chi connectivity index (χ3n) is 6.06. The zero-order valence-electron chi connectivity index (χ0n) is 17.6. The number of carbonyl (C=O) groups is 3. The number of alkyl carbamates (subject to hydrolysis) is 1. The van der Waals surface area contributed by atoms with Crippen molar-refractivity contribution in [2.75, 3.05) is 6.61 Å². The Morgan fingerprint density at radius 3 is 2.37 bits per heavy atom. The van der Waals surface area contributed by atoms with E-state index in [1.165, 1.54) is 0 Å². The minimum absolute atomic E-state index is 0.0438. The number of hydrogen-bond acceptors (Lipinski definition) is 6. The lowest BCUT2D eigenvalue weighted by atomic mass is 9.75. The molecule has 2 fully saturated rings. The molecule has 2 aliphatic heterocycles. The van der Waals surface area contributed by atoms with Gasteiger partial charge < -0.3 is 15.4 Å². The van der Waals surface area contributed by atoms with Gasteiger partial charge in [-0.1, -0.05) is 46.2 Å². The van der Waals surface area contributed by atoms with Gasteiger partial charge in [0.1, 0.15) is 5.66 Å². The Kier molecular flexibility index (Phi) is 6.67. The molecule has 9 heteroatoms. The van der Waals surface area contributed by atoms with Crippen molar-refractivity contribution in [1.29, 1.82) is 0 Å². The second-order valence-electron chi connectivity index (χ2n) is 8.21. The fourth-order valence-electron chi connectivity index (χ4n) is 4.23. The Balaban J connectivity index is 0.00000101. The highest BCUT2D eigenvalue weighted by molar-refractivity contribution is 6.08. The van der Waals surface area contributed by atoms with Crippen LogP contribution < -0.4 is 11.1 Å². The molecule has 9 nitrogen and oxygen atoms in total. The standard InChI is InChI=1S/C20H27N3O4.CO2/c1-5-8-15-20(12(2)19(3,4)11-27-18(26)22-20)23(15)17(25)14-10-7-6-9-13(14)16(21)24;2-1-3/h6-7,9-10,12,15H,5,8,11H2,1-4H3,(H2,21,24)(H,22,26);/t12-,15?,20-,23?;/m0./s1. The normalized spacial score (nSPS) is 26.3. The van der Waals surface area contributed by atoms with Crippen molar-refractivity contribution in [3.05, 3.63) is 35.4 Å². The number of nitrogens with zero attached hydrogens (tertiary/aromatic N) is 1. The molecule has 0 aromatic heterocycles. The average molecular weight is 417 g/mol. The second kappa shape index (κ2) is 8.67. The molecule has 3 atom stereocenters. The maximum absolute atomic E-state index is 13.4. The molecule has 0 saturated carbocycles. The summed E-state index contributed by atoms with van der Waals surface area (Å²) in [4.78, 5) is 55.4. The predicted molar refractivity (Wildman–Crippen MR) is 105 cm³/mol. The van der Waals surface area contributed by atoms with Crippen molar-refractivity contribution in [2.45, 2.75) is 52.2 Å². The molecule has 3 rings (SSSR count). The van der Waals surface area contributed by atoms with Crippen LogP contribution in [0.15, 0.2) is 24.3 Å². The highest BCUT2D eigenvalue weighted by Crippen LogP contribution is 2.54. The third kappa shape index (κ3) is 3.93. The number of primary amides is 1. The molecule has 2 saturated heterocycles. The number of nitrogens with one attached hydrogen (secondary N) is 1. The maximum atomic E-state index is 13.4. The van der Waals surface area contributed by atoms with Crippen molar-refractivity contribution in [3.63, 3.8) is 0 Å². The first-order chi connectivity index (χ1) is 14.1. The van der Waals surface area contributed by atoms with E-state index in [1.807, 2.05) is 27.7 Å². The number of ether oxygens (including phenoxy) is 1. The van der Waals surface area contributed by atoms with Gasteiger partial charge in [0.05, 0.1) is 23.8 Å². The van der Waals surface area contributed by atoms with E-state index in [4.69, 9.17) is 20.1 Å². The van der Waals surface area contributed by atoms with Crippen LogP contribution in [0.1, 0.15) is 61.3 Å². The monoisotopic (exact) mass is 417 g/mol. The average Bonchev–Trinajstić information content (AvgIpc) is 3.34. The van der Waals surface area contributed by atoms with E-state index in [0.29, 0.717) is 0 Å². The van der Waals surface area contributed by atoms with Crippen molar-refractivity contribution >= 4 is 24.1 Å². The van der Waals surface area contributed by atoms with Crippen molar-refractivity contribution in [2.24, 2.45) is 17.1 Å². The van der Waals surface area contributed by atoms with Gasteiger partial charge in [-0.15, -0.1) is 0 Å². The molecule has 1 unspecified atom stereocenters. The molecule has 1 aromatic carbocycles. The topological polar surface area (TPSA) is 136 Å². The molecule has 0 aliphatic carbocycles. The van der Waals surface area contributed by atoms with Gasteiger partial charge in [0.15, 0.2) is 0 Å². The van der Waals surface area contributed by atoms with Crippen LogP contribution in [0.5, 0.6) is 0 Å². The number of hydrogen-bond donors (Lipinski definition) is 2. The molecule has 30 heavy (non-hydrogen) atoms. The first-order valence-corrected chi connectivity index (χ1v) is 9.75. The second-order valence-corrected chi connectivity index (χ2v) is 8.21. The van der Waals surface area contributed by atoms with Gasteiger partial charge in [-0.3, -0.25) is 14.9 Å². The number of amides is 3. The van der Waals surface area contributed by atoms with Gasteiger partial charge in [0, 0.05) is 11.3 Å². The number of cyclic esters (lactones) is 1. The third-order valence-corrected chi connectivity index (χ3v) is 6.06. The van der Waals surface area contributed by atoms with Crippen LogP contribution in [0.4, 0.5) is 4.79 Å². The molecule has 2 aliphatic rings. The van der Waals surface area contributed by atoms with E-state index >= 15 is 0 Å². The fraction of sp³-hybridized carbons (Fsp3) is 0.524. The Morgan fingerprint density at radius 1 is 1.27 bits per heavy atom. The Morgan fingerprint density at radius 2 is 1.83 bits per heavy atom. The minimum Gasteiger partial charge on any atom is -0.449 e. The number of carbonyl (C=O) groups excluding carboxylic acids is 5. The molecule has 3 N–H and O–H groups in total. The minimum atomic E-state index is -0.824. The van der Waals surface area contributed by atoms with E-state index in [9.17, 15) is 14.4 Å². The van der Waals surface area contributed by atoms with Gasteiger partial charge in [0.2, 0.25) is 5.91 Å². The Hall–Kier alpha value is -3.19. The van der Waals surface area contributed by atoms with Crippen LogP contribution >= 0.6 is 0 Å². The first-order valence-electron chi connectivity index (χ1n) is 9.75. The summed E-state index contributed by atoms with van der Waals surface area (Å²) < 4.78 is 5.32. The molecule has 0 bridgehead atoms. The van der Waals surface area contributed by atoms with Crippen LogP contribution in [-0.4, -0.2) is 47.3 Å². The summed E-state index contributed by atoms with van der Waals surface area (Å²) in [6.07, 6.45) is 1.33. The molecular weight excluding hydrogens is 390 g/mol. The lowest BCUT2D eigenvalue weighted by Gasteiger charge is -2.33. The smallest absolute Gasteiger partial charge is 0.409 e. The SMILES string of the molecule is CCCC1N(C(=O)c2ccccc2C(N)=O)[C@]12NC(=O)OCC(C)(C)[C@@H]2C.O=C=O. The molecule has 1 spiro atoms. The van der Waals surface area contributed by atoms with Crippen molar-refractivity contribution < 1.29 is 28.7 Å². The lowest BCUT2D eigenvalue weighted by molar-refractivity contribution is -0.191. The highest BCUT2D eigenvalue weighted by Gasteiger charge is 2.71. The summed E-state index contributed by atoms with van der Waals surface area (Å²) in [5.74, 6) is -0.992. The van der Waals surface area contributed by atoms with Gasteiger partial charge in [-0.2, -0.15) is 9.59 Å². The van der Waals surface area contributed by atoms with E-state index in [2.05, 4.69) is 5.32 Å². The Bertz CT molecular complexity index is 877.